The molecule has 2 aliphatic carbocycles. The highest BCUT2D eigenvalue weighted by Crippen LogP contribution is 2.62. The number of imidazole rings is 1. The lowest BCUT2D eigenvalue weighted by molar-refractivity contribution is -0.150. The fourth-order valence-corrected chi connectivity index (χ4v) is 11.7. The van der Waals surface area contributed by atoms with Crippen LogP contribution < -0.4 is 27.0 Å². The first-order chi connectivity index (χ1) is 29.8. The summed E-state index contributed by atoms with van der Waals surface area (Å²) in [7, 11) is 1.65. The lowest BCUT2D eigenvalue weighted by atomic mass is 9.55. The molecule has 4 atom stereocenters. The number of rotatable bonds is 9. The number of amides is 4. The molecule has 4 heterocycles. The maximum Gasteiger partial charge on any atom is 0.329 e. The van der Waals surface area contributed by atoms with Gasteiger partial charge in [0.1, 0.15) is 17.3 Å². The number of piperidine rings is 1. The molecule has 1 aromatic heterocycles. The number of carbonyl (C=O) groups excluding carboxylic acids is 5. The van der Waals surface area contributed by atoms with E-state index in [4.69, 9.17) is 27.9 Å². The molecule has 2 saturated heterocycles. The lowest BCUT2D eigenvalue weighted by Gasteiger charge is -2.47. The summed E-state index contributed by atoms with van der Waals surface area (Å²) in [5.41, 5.74) is 1.17. The van der Waals surface area contributed by atoms with Crippen molar-refractivity contribution in [1.82, 2.24) is 25.1 Å². The molecule has 4 N–H and O–H groups in total. The summed E-state index contributed by atoms with van der Waals surface area (Å²) in [6.45, 7) is 0.213. The van der Waals surface area contributed by atoms with Crippen LogP contribution in [-0.2, 0) is 47.6 Å². The number of aromatic nitrogens is 2. The predicted molar refractivity (Wildman–Crippen MR) is 230 cm³/mol. The zero-order valence-corrected chi connectivity index (χ0v) is 35.9. The van der Waals surface area contributed by atoms with Crippen molar-refractivity contribution in [1.29, 1.82) is 0 Å². The van der Waals surface area contributed by atoms with Crippen molar-refractivity contribution < 1.29 is 33.1 Å². The van der Waals surface area contributed by atoms with Crippen LogP contribution in [0, 0.1) is 11.7 Å². The van der Waals surface area contributed by atoms with E-state index in [1.165, 1.54) is 15.2 Å². The third-order valence-electron chi connectivity index (χ3n) is 14.2. The first-order valence-electron chi connectivity index (χ1n) is 21.7. The van der Waals surface area contributed by atoms with Crippen LogP contribution in [0.3, 0.4) is 0 Å². The average molecular weight is 888 g/mol. The zero-order chi connectivity index (χ0) is 43.5. The number of carbonyl (C=O) groups is 5. The minimum absolute atomic E-state index is 0.0878. The molecule has 4 fully saturated rings. The van der Waals surface area contributed by atoms with Gasteiger partial charge in [-0.05, 0) is 105 Å². The summed E-state index contributed by atoms with van der Waals surface area (Å²) < 4.78 is 24.9. The van der Waals surface area contributed by atoms with Crippen molar-refractivity contribution in [2.45, 2.75) is 118 Å². The van der Waals surface area contributed by atoms with Gasteiger partial charge in [0.15, 0.2) is 0 Å². The molecule has 4 aromatic rings. The number of halogens is 3. The molecule has 16 heteroatoms. The van der Waals surface area contributed by atoms with Gasteiger partial charge < -0.3 is 15.4 Å². The number of nitrogens with one attached hydrogen (secondary N) is 4. The van der Waals surface area contributed by atoms with E-state index in [1.807, 2.05) is 24.3 Å². The second kappa shape index (κ2) is 16.6. The number of nitrogens with zero attached hydrogens (tertiary/aromatic N) is 2. The van der Waals surface area contributed by atoms with Crippen molar-refractivity contribution in [2.24, 2.45) is 13.0 Å². The third-order valence-corrected chi connectivity index (χ3v) is 14.8. The Labute approximate surface area is 367 Å². The van der Waals surface area contributed by atoms with Crippen molar-refractivity contribution in [2.75, 3.05) is 11.9 Å². The lowest BCUT2D eigenvalue weighted by Crippen LogP contribution is -2.60. The minimum atomic E-state index is -1.32. The molecular weight excluding hydrogens is 838 g/mol. The van der Waals surface area contributed by atoms with Crippen molar-refractivity contribution in [3.05, 3.63) is 97.6 Å². The smallest absolute Gasteiger partial charge is 0.329 e. The molecule has 62 heavy (non-hydrogen) atoms. The van der Waals surface area contributed by atoms with Gasteiger partial charge in [-0.3, -0.25) is 43.7 Å². The van der Waals surface area contributed by atoms with Gasteiger partial charge in [0, 0.05) is 41.7 Å². The Kier molecular flexibility index (Phi) is 11.3. The van der Waals surface area contributed by atoms with Gasteiger partial charge >= 0.3 is 11.7 Å². The Morgan fingerprint density at radius 3 is 2.45 bits per heavy atom. The van der Waals surface area contributed by atoms with E-state index < -0.39 is 40.7 Å². The van der Waals surface area contributed by atoms with Gasteiger partial charge in [0.05, 0.1) is 34.6 Å². The van der Waals surface area contributed by atoms with E-state index in [-0.39, 0.29) is 71.4 Å². The molecule has 4 amide bonds. The Hall–Kier alpha value is -5.05. The van der Waals surface area contributed by atoms with Crippen LogP contribution in [0.15, 0.2) is 59.4 Å². The number of hydrogen-bond donors (Lipinski definition) is 4. The molecule has 326 valence electrons. The summed E-state index contributed by atoms with van der Waals surface area (Å²) in [6, 6.07) is 13.7. The number of anilines is 1. The number of hydrogen-bond acceptors (Lipinski definition) is 8. The third kappa shape index (κ3) is 7.02. The number of aryl methyl sites for hydroxylation is 2. The van der Waals surface area contributed by atoms with Gasteiger partial charge in [0.2, 0.25) is 23.6 Å². The molecule has 9 rings (SSSR count). The summed E-state index contributed by atoms with van der Waals surface area (Å²) in [6.07, 6.45) is 7.61. The first kappa shape index (κ1) is 42.3. The summed E-state index contributed by atoms with van der Waals surface area (Å²) in [5.74, 6) is -3.65. The normalized spacial score (nSPS) is 26.7. The number of esters is 1. The molecule has 0 bridgehead atoms. The standard InChI is InChI=1S/C46H49Cl2FN6O7/c1-54-35-23-25(10-17-33(35)55(44(54)61)34-18-19-36(56)52-40(34)57)7-6-22-62-42(59)26-11-14-28(15-12-26)50-41(58)39-37(29-8-5-9-31(48)38(29)49)46(45(53-39)20-3-2-4-21-45)30-16-13-27(47)24-32(30)51-43(46)60/h5,8-10,13,16-17,23-24,26,28,34,37,39,53H,2-4,6-7,11-12,14-15,18-22H2,1H3,(H,50,58)(H,51,60)(H,52,56,57)/t26?,28?,34?,37-,39+,46+/m0/s1. The predicted octanol–water partition coefficient (Wildman–Crippen LogP) is 6.26. The van der Waals surface area contributed by atoms with Gasteiger partial charge in [-0.15, -0.1) is 0 Å². The minimum Gasteiger partial charge on any atom is -0.465 e. The molecule has 5 aliphatic rings. The Morgan fingerprint density at radius 2 is 1.69 bits per heavy atom. The number of benzene rings is 3. The molecule has 1 unspecified atom stereocenters. The second-order valence-corrected chi connectivity index (χ2v) is 18.5. The highest BCUT2D eigenvalue weighted by molar-refractivity contribution is 6.31. The zero-order valence-electron chi connectivity index (χ0n) is 34.4. The van der Waals surface area contributed by atoms with Gasteiger partial charge in [0.25, 0.3) is 0 Å². The highest BCUT2D eigenvalue weighted by Gasteiger charge is 2.72. The van der Waals surface area contributed by atoms with Crippen molar-refractivity contribution in [3.8, 4) is 0 Å². The van der Waals surface area contributed by atoms with E-state index in [1.54, 1.807) is 31.3 Å². The van der Waals surface area contributed by atoms with Crippen LogP contribution in [0.2, 0.25) is 10.0 Å². The van der Waals surface area contributed by atoms with Crippen molar-refractivity contribution >= 4 is 69.5 Å². The Balaban J connectivity index is 0.844. The number of imide groups is 1. The molecule has 13 nitrogen and oxygen atoms in total. The van der Waals surface area contributed by atoms with Crippen LogP contribution in [0.4, 0.5) is 10.1 Å². The quantitative estimate of drug-likeness (QED) is 0.0868. The fourth-order valence-electron chi connectivity index (χ4n) is 11.3. The maximum atomic E-state index is 16.3. The van der Waals surface area contributed by atoms with E-state index in [9.17, 15) is 28.8 Å². The highest BCUT2D eigenvalue weighted by atomic mass is 35.5. The SMILES string of the molecule is Cn1c(=O)n(C2CCC(=O)NC2=O)c2ccc(CCCOC(=O)C3CCC(NC(=O)[C@@H]4NC5(CCCCC5)[C@@]5(C(=O)Nc6cc(Cl)ccc65)[C@H]4c4cccc(Cl)c4F)CC3)cc21. The van der Waals surface area contributed by atoms with Crippen LogP contribution in [0.5, 0.6) is 0 Å². The Bertz CT molecular complexity index is 2560. The largest absolute Gasteiger partial charge is 0.465 e. The van der Waals surface area contributed by atoms with E-state index in [0.29, 0.717) is 78.7 Å². The maximum absolute atomic E-state index is 16.3. The number of ether oxygens (including phenoxy) is 1. The monoisotopic (exact) mass is 886 g/mol. The first-order valence-corrected chi connectivity index (χ1v) is 22.4. The van der Waals surface area contributed by atoms with Gasteiger partial charge in [-0.25, -0.2) is 9.18 Å². The molecule has 2 spiro atoms. The van der Waals surface area contributed by atoms with Crippen LogP contribution in [0.25, 0.3) is 11.0 Å². The molecular formula is C46H49Cl2FN6O7. The molecule has 0 radical (unpaired) electrons. The van der Waals surface area contributed by atoms with E-state index >= 15 is 4.39 Å². The van der Waals surface area contributed by atoms with Crippen molar-refractivity contribution in [3.63, 3.8) is 0 Å². The van der Waals surface area contributed by atoms with Gasteiger partial charge in [-0.1, -0.05) is 66.7 Å². The van der Waals surface area contributed by atoms with Gasteiger partial charge in [-0.2, -0.15) is 0 Å². The topological polar surface area (TPSA) is 170 Å². The van der Waals surface area contributed by atoms with Crippen LogP contribution in [0.1, 0.15) is 106 Å². The summed E-state index contributed by atoms with van der Waals surface area (Å²) in [5, 5.41) is 12.7. The van der Waals surface area contributed by atoms with E-state index in [0.717, 1.165) is 24.8 Å². The number of fused-ring (bicyclic) bond motifs is 4. The Morgan fingerprint density at radius 1 is 0.919 bits per heavy atom. The molecule has 2 saturated carbocycles. The van der Waals surface area contributed by atoms with Crippen LogP contribution in [-0.4, -0.2) is 63.0 Å². The summed E-state index contributed by atoms with van der Waals surface area (Å²) in [4.78, 5) is 79.8. The van der Waals surface area contributed by atoms with Crippen LogP contribution >= 0.6 is 23.2 Å². The average Bonchev–Trinajstić information content (AvgIpc) is 3.81. The molecule has 3 aromatic carbocycles. The van der Waals surface area contributed by atoms with E-state index in [2.05, 4.69) is 21.3 Å². The summed E-state index contributed by atoms with van der Waals surface area (Å²) >= 11 is 12.8. The fraction of sp³-hybridized carbons (Fsp3) is 0.478. The second-order valence-electron chi connectivity index (χ2n) is 17.7. The molecule has 3 aliphatic heterocycles.